The van der Waals surface area contributed by atoms with Gasteiger partial charge in [-0.15, -0.1) is 0 Å². The van der Waals surface area contributed by atoms with Crippen LogP contribution in [-0.4, -0.2) is 6.10 Å². The Balaban J connectivity index is 2.08. The van der Waals surface area contributed by atoms with Gasteiger partial charge < -0.3 is 10.1 Å². The average molecular weight is 355 g/mol. The Kier molecular flexibility index (Phi) is 5.32. The van der Waals surface area contributed by atoms with Crippen LogP contribution in [0.2, 0.25) is 5.02 Å². The van der Waals surface area contributed by atoms with Crippen LogP contribution in [0.25, 0.3) is 0 Å². The zero-order valence-corrected chi connectivity index (χ0v) is 13.8. The summed E-state index contributed by atoms with van der Waals surface area (Å²) in [5.41, 5.74) is 2.11. The highest BCUT2D eigenvalue weighted by Gasteiger charge is 2.05. The fourth-order valence-electron chi connectivity index (χ4n) is 1.82. The van der Waals surface area contributed by atoms with Crippen molar-refractivity contribution in [1.29, 1.82) is 0 Å². The smallest absolute Gasteiger partial charge is 0.124 e. The van der Waals surface area contributed by atoms with Crippen LogP contribution in [0.5, 0.6) is 5.75 Å². The van der Waals surface area contributed by atoms with Crippen LogP contribution in [0.1, 0.15) is 19.4 Å². The molecule has 0 aliphatic rings. The number of benzene rings is 2. The molecule has 2 aromatic carbocycles. The maximum absolute atomic E-state index is 6.08. The van der Waals surface area contributed by atoms with Crippen LogP contribution in [-0.2, 0) is 6.54 Å². The zero-order valence-electron chi connectivity index (χ0n) is 11.5. The molecule has 0 heterocycles. The predicted octanol–water partition coefficient (Wildman–Crippen LogP) is 5.50. The minimum absolute atomic E-state index is 0.165. The van der Waals surface area contributed by atoms with Crippen LogP contribution in [0.3, 0.4) is 0 Å². The third-order valence-corrected chi connectivity index (χ3v) is 3.97. The normalized spacial score (nSPS) is 10.7. The first-order chi connectivity index (χ1) is 9.56. The first-order valence-corrected chi connectivity index (χ1v) is 7.67. The van der Waals surface area contributed by atoms with E-state index in [1.165, 1.54) is 0 Å². The lowest BCUT2D eigenvalue weighted by Gasteiger charge is -2.15. The van der Waals surface area contributed by atoms with Gasteiger partial charge in [0.25, 0.3) is 0 Å². The molecular weight excluding hydrogens is 338 g/mol. The summed E-state index contributed by atoms with van der Waals surface area (Å²) in [4.78, 5) is 0. The molecule has 0 spiro atoms. The second-order valence-corrected chi connectivity index (χ2v) is 6.02. The van der Waals surface area contributed by atoms with Gasteiger partial charge in [-0.25, -0.2) is 0 Å². The van der Waals surface area contributed by atoms with Crippen molar-refractivity contribution in [3.8, 4) is 5.75 Å². The van der Waals surface area contributed by atoms with Gasteiger partial charge in [0.2, 0.25) is 0 Å². The number of ether oxygens (including phenoxy) is 1. The van der Waals surface area contributed by atoms with E-state index in [1.807, 2.05) is 50.2 Å². The summed E-state index contributed by atoms with van der Waals surface area (Å²) < 4.78 is 6.70. The van der Waals surface area contributed by atoms with Crippen LogP contribution in [0.4, 0.5) is 5.69 Å². The summed E-state index contributed by atoms with van der Waals surface area (Å²) in [6, 6.07) is 13.9. The van der Waals surface area contributed by atoms with Crippen LogP contribution >= 0.6 is 27.5 Å². The SMILES string of the molecule is CC(C)Oc1ccccc1CNc1ccc(Br)c(Cl)c1. The summed E-state index contributed by atoms with van der Waals surface area (Å²) in [6.07, 6.45) is 0.165. The molecule has 0 saturated heterocycles. The molecule has 106 valence electrons. The molecule has 20 heavy (non-hydrogen) atoms. The van der Waals surface area contributed by atoms with Gasteiger partial charge in [0.05, 0.1) is 11.1 Å². The highest BCUT2D eigenvalue weighted by atomic mass is 79.9. The Morgan fingerprint density at radius 1 is 1.20 bits per heavy atom. The number of nitrogens with one attached hydrogen (secondary N) is 1. The molecule has 2 rings (SSSR count). The van der Waals surface area contributed by atoms with Gasteiger partial charge in [0.15, 0.2) is 0 Å². The predicted molar refractivity (Wildman–Crippen MR) is 88.7 cm³/mol. The molecule has 0 atom stereocenters. The molecule has 0 bridgehead atoms. The summed E-state index contributed by atoms with van der Waals surface area (Å²) >= 11 is 9.47. The molecule has 0 aliphatic heterocycles. The quantitative estimate of drug-likeness (QED) is 0.765. The van der Waals surface area contributed by atoms with E-state index < -0.39 is 0 Å². The summed E-state index contributed by atoms with van der Waals surface area (Å²) in [6.45, 7) is 4.75. The van der Waals surface area contributed by atoms with Gasteiger partial charge in [0, 0.05) is 22.3 Å². The Morgan fingerprint density at radius 3 is 2.65 bits per heavy atom. The lowest BCUT2D eigenvalue weighted by atomic mass is 10.2. The van der Waals surface area contributed by atoms with Crippen molar-refractivity contribution in [2.24, 2.45) is 0 Å². The molecule has 0 unspecified atom stereocenters. The van der Waals surface area contributed by atoms with Crippen molar-refractivity contribution in [3.63, 3.8) is 0 Å². The van der Waals surface area contributed by atoms with Gasteiger partial charge in [-0.1, -0.05) is 29.8 Å². The fraction of sp³-hybridized carbons (Fsp3) is 0.250. The standard InChI is InChI=1S/C16H17BrClNO/c1-11(2)20-16-6-4-3-5-12(16)10-19-13-7-8-14(17)15(18)9-13/h3-9,11,19H,10H2,1-2H3. The number of rotatable bonds is 5. The Hall–Kier alpha value is -1.19. The maximum atomic E-state index is 6.08. The van der Waals surface area contributed by atoms with Crippen molar-refractivity contribution in [3.05, 3.63) is 57.5 Å². The van der Waals surface area contributed by atoms with Crippen molar-refractivity contribution >= 4 is 33.2 Å². The van der Waals surface area contributed by atoms with E-state index in [4.69, 9.17) is 16.3 Å². The Bertz CT molecular complexity index is 586. The van der Waals surface area contributed by atoms with Crippen LogP contribution in [0.15, 0.2) is 46.9 Å². The van der Waals surface area contributed by atoms with E-state index in [-0.39, 0.29) is 6.10 Å². The third-order valence-electron chi connectivity index (χ3n) is 2.74. The van der Waals surface area contributed by atoms with E-state index >= 15 is 0 Å². The van der Waals surface area contributed by atoms with Crippen LogP contribution in [0, 0.1) is 0 Å². The van der Waals surface area contributed by atoms with Gasteiger partial charge in [-0.05, 0) is 54.0 Å². The number of halogens is 2. The number of para-hydroxylation sites is 1. The van der Waals surface area contributed by atoms with Gasteiger partial charge >= 0.3 is 0 Å². The molecular formula is C16H17BrClNO. The minimum Gasteiger partial charge on any atom is -0.491 e. The summed E-state index contributed by atoms with van der Waals surface area (Å²) in [5.74, 6) is 0.915. The molecule has 2 nitrogen and oxygen atoms in total. The highest BCUT2D eigenvalue weighted by Crippen LogP contribution is 2.26. The molecule has 1 N–H and O–H groups in total. The maximum Gasteiger partial charge on any atom is 0.124 e. The fourth-order valence-corrected chi connectivity index (χ4v) is 2.25. The van der Waals surface area contributed by atoms with Gasteiger partial charge in [0.1, 0.15) is 5.75 Å². The lowest BCUT2D eigenvalue weighted by Crippen LogP contribution is -2.09. The number of hydrogen-bond donors (Lipinski definition) is 1. The minimum atomic E-state index is 0.165. The van der Waals surface area contributed by atoms with Gasteiger partial charge in [-0.2, -0.15) is 0 Å². The molecule has 0 radical (unpaired) electrons. The highest BCUT2D eigenvalue weighted by molar-refractivity contribution is 9.10. The molecule has 4 heteroatoms. The zero-order chi connectivity index (χ0) is 14.5. The van der Waals surface area contributed by atoms with E-state index in [9.17, 15) is 0 Å². The first-order valence-electron chi connectivity index (χ1n) is 6.49. The molecule has 0 saturated carbocycles. The van der Waals surface area contributed by atoms with Crippen molar-refractivity contribution in [2.75, 3.05) is 5.32 Å². The first kappa shape index (κ1) is 15.2. The number of anilines is 1. The molecule has 0 amide bonds. The van der Waals surface area contributed by atoms with E-state index in [0.717, 1.165) is 21.5 Å². The Morgan fingerprint density at radius 2 is 1.95 bits per heavy atom. The largest absolute Gasteiger partial charge is 0.491 e. The second kappa shape index (κ2) is 7.00. The summed E-state index contributed by atoms with van der Waals surface area (Å²) in [5, 5.41) is 4.05. The van der Waals surface area contributed by atoms with E-state index in [2.05, 4.69) is 27.3 Å². The lowest BCUT2D eigenvalue weighted by molar-refractivity contribution is 0.240. The topological polar surface area (TPSA) is 21.3 Å². The monoisotopic (exact) mass is 353 g/mol. The Labute approximate surface area is 133 Å². The van der Waals surface area contributed by atoms with Crippen molar-refractivity contribution < 1.29 is 4.74 Å². The van der Waals surface area contributed by atoms with Crippen molar-refractivity contribution in [1.82, 2.24) is 0 Å². The molecule has 2 aromatic rings. The molecule has 0 aliphatic carbocycles. The average Bonchev–Trinajstić information content (AvgIpc) is 2.41. The molecule has 0 aromatic heterocycles. The van der Waals surface area contributed by atoms with E-state index in [1.54, 1.807) is 0 Å². The van der Waals surface area contributed by atoms with Crippen LogP contribution < -0.4 is 10.1 Å². The van der Waals surface area contributed by atoms with E-state index in [0.29, 0.717) is 11.6 Å². The third kappa shape index (κ3) is 4.15. The van der Waals surface area contributed by atoms with Crippen molar-refractivity contribution in [2.45, 2.75) is 26.5 Å². The number of hydrogen-bond acceptors (Lipinski definition) is 2. The second-order valence-electron chi connectivity index (χ2n) is 4.76. The van der Waals surface area contributed by atoms with Gasteiger partial charge in [-0.3, -0.25) is 0 Å². The summed E-state index contributed by atoms with van der Waals surface area (Å²) in [7, 11) is 0. The molecule has 0 fully saturated rings.